The zero-order chi connectivity index (χ0) is 26.9. The van der Waals surface area contributed by atoms with Gasteiger partial charge in [-0.15, -0.1) is 0 Å². The van der Waals surface area contributed by atoms with Crippen LogP contribution in [0.2, 0.25) is 0 Å². The lowest BCUT2D eigenvalue weighted by Gasteiger charge is -2.40. The van der Waals surface area contributed by atoms with Crippen LogP contribution in [-0.2, 0) is 25.6 Å². The van der Waals surface area contributed by atoms with Gasteiger partial charge in [-0.1, -0.05) is 6.42 Å². The average molecular weight is 533 g/mol. The van der Waals surface area contributed by atoms with Gasteiger partial charge in [0.1, 0.15) is 6.10 Å². The van der Waals surface area contributed by atoms with Crippen LogP contribution >= 0.6 is 0 Å². The quantitative estimate of drug-likeness (QED) is 0.423. The maximum atomic E-state index is 10.6. The van der Waals surface area contributed by atoms with Crippen molar-refractivity contribution in [2.75, 3.05) is 19.8 Å². The number of rotatable bonds is 6. The number of alkyl halides is 6. The molecule has 1 aromatic rings. The molecular formula is C21H29F6N3O6. The molecule has 0 radical (unpaired) electrons. The van der Waals surface area contributed by atoms with Gasteiger partial charge in [-0.3, -0.25) is 9.58 Å². The van der Waals surface area contributed by atoms with Gasteiger partial charge in [-0.25, -0.2) is 9.59 Å². The van der Waals surface area contributed by atoms with E-state index in [9.17, 15) is 26.3 Å². The molecule has 3 fully saturated rings. The van der Waals surface area contributed by atoms with Crippen LogP contribution in [0.25, 0.3) is 0 Å². The number of aryl methyl sites for hydroxylation is 1. The fraction of sp³-hybridized carbons (Fsp3) is 0.762. The van der Waals surface area contributed by atoms with E-state index >= 15 is 0 Å². The van der Waals surface area contributed by atoms with Gasteiger partial charge in [-0.2, -0.15) is 31.4 Å². The monoisotopic (exact) mass is 533 g/mol. The van der Waals surface area contributed by atoms with Crippen LogP contribution in [-0.4, -0.2) is 93.2 Å². The predicted octanol–water partition coefficient (Wildman–Crippen LogP) is 3.34. The molecule has 1 saturated carbocycles. The molecule has 0 aromatic carbocycles. The number of hydrogen-bond acceptors (Lipinski definition) is 6. The molecule has 206 valence electrons. The number of aliphatic carboxylic acids is 2. The van der Waals surface area contributed by atoms with Gasteiger partial charge in [0, 0.05) is 50.8 Å². The Balaban J connectivity index is 0.000000271. The molecule has 3 heterocycles. The molecule has 36 heavy (non-hydrogen) atoms. The third-order valence-corrected chi connectivity index (χ3v) is 5.97. The molecule has 2 N–H and O–H groups in total. The van der Waals surface area contributed by atoms with Gasteiger partial charge >= 0.3 is 24.3 Å². The minimum atomic E-state index is -5.08. The first-order valence-corrected chi connectivity index (χ1v) is 11.4. The molecule has 2 saturated heterocycles. The standard InChI is InChI=1S/C17H27N3O2.2C2HF3O2/c1-5-14(6-1)20-13-16(17-15(20)7-2-11-22-17)21-12-4-10-19-9-3-8-18-19;2*3-2(4,5)1(6)7/h3,8-9,14-17H,1-2,4-7,10-13H2;2*(H,6,7)/t15-,16+,17+;;/m1../s1. The summed E-state index contributed by atoms with van der Waals surface area (Å²) in [7, 11) is 0. The summed E-state index contributed by atoms with van der Waals surface area (Å²) in [5.41, 5.74) is 0. The molecular weight excluding hydrogens is 504 g/mol. The lowest BCUT2D eigenvalue weighted by molar-refractivity contribution is -0.193. The third kappa shape index (κ3) is 9.24. The van der Waals surface area contributed by atoms with Crippen molar-refractivity contribution in [3.05, 3.63) is 18.5 Å². The number of halogens is 6. The highest BCUT2D eigenvalue weighted by atomic mass is 19.4. The van der Waals surface area contributed by atoms with Crippen molar-refractivity contribution in [3.63, 3.8) is 0 Å². The van der Waals surface area contributed by atoms with E-state index < -0.39 is 24.3 Å². The van der Waals surface area contributed by atoms with E-state index in [2.05, 4.69) is 10.00 Å². The molecule has 0 spiro atoms. The van der Waals surface area contributed by atoms with Crippen molar-refractivity contribution in [2.24, 2.45) is 0 Å². The van der Waals surface area contributed by atoms with Crippen LogP contribution < -0.4 is 0 Å². The number of ether oxygens (including phenoxy) is 2. The van der Waals surface area contributed by atoms with Crippen molar-refractivity contribution in [1.29, 1.82) is 0 Å². The summed E-state index contributed by atoms with van der Waals surface area (Å²) in [6, 6.07) is 3.37. The predicted molar refractivity (Wildman–Crippen MR) is 111 cm³/mol. The molecule has 0 amide bonds. The average Bonchev–Trinajstić information content (AvgIpc) is 3.38. The summed E-state index contributed by atoms with van der Waals surface area (Å²) >= 11 is 0. The molecule has 0 bridgehead atoms. The second-order valence-corrected chi connectivity index (χ2v) is 8.46. The zero-order valence-corrected chi connectivity index (χ0v) is 19.2. The molecule has 15 heteroatoms. The molecule has 1 aromatic heterocycles. The topological polar surface area (TPSA) is 114 Å². The van der Waals surface area contributed by atoms with Gasteiger partial charge in [0.25, 0.3) is 0 Å². The van der Waals surface area contributed by atoms with Crippen LogP contribution in [0, 0.1) is 0 Å². The van der Waals surface area contributed by atoms with Gasteiger partial charge in [0.2, 0.25) is 0 Å². The summed E-state index contributed by atoms with van der Waals surface area (Å²) in [5.74, 6) is -5.51. The SMILES string of the molecule is O=C(O)C(F)(F)F.O=C(O)C(F)(F)F.c1cnn(CCCO[C@H]2CN(C3CCC3)[C@@H]3CCCO[C@H]23)c1. The highest BCUT2D eigenvalue weighted by Crippen LogP contribution is 2.37. The summed E-state index contributed by atoms with van der Waals surface area (Å²) in [6.45, 7) is 3.71. The molecule has 3 atom stereocenters. The van der Waals surface area contributed by atoms with E-state index in [4.69, 9.17) is 29.3 Å². The number of carboxylic acids is 2. The molecule has 0 unspecified atom stereocenters. The lowest BCUT2D eigenvalue weighted by Crippen LogP contribution is -2.47. The number of carbonyl (C=O) groups is 2. The Labute approximate surface area is 202 Å². The molecule has 1 aliphatic carbocycles. The minimum Gasteiger partial charge on any atom is -0.475 e. The maximum Gasteiger partial charge on any atom is 0.490 e. The Morgan fingerprint density at radius 1 is 1.03 bits per heavy atom. The first-order chi connectivity index (χ1) is 16.8. The number of likely N-dealkylation sites (tertiary alicyclic amines) is 1. The summed E-state index contributed by atoms with van der Waals surface area (Å²) in [5, 5.41) is 18.5. The van der Waals surface area contributed by atoms with Crippen molar-refractivity contribution in [3.8, 4) is 0 Å². The maximum absolute atomic E-state index is 10.6. The fourth-order valence-electron chi connectivity index (χ4n) is 4.12. The largest absolute Gasteiger partial charge is 0.490 e. The second kappa shape index (κ2) is 13.2. The van der Waals surface area contributed by atoms with Gasteiger partial charge in [0.15, 0.2) is 0 Å². The Morgan fingerprint density at radius 3 is 2.11 bits per heavy atom. The Bertz CT molecular complexity index is 792. The van der Waals surface area contributed by atoms with Crippen molar-refractivity contribution >= 4 is 11.9 Å². The smallest absolute Gasteiger partial charge is 0.475 e. The number of nitrogens with zero attached hydrogens (tertiary/aromatic N) is 3. The Hall–Kier alpha value is -2.39. The van der Waals surface area contributed by atoms with Gasteiger partial charge in [0.05, 0.1) is 6.10 Å². The summed E-state index contributed by atoms with van der Waals surface area (Å²) < 4.78 is 77.7. The minimum absolute atomic E-state index is 0.267. The molecule has 4 rings (SSSR count). The van der Waals surface area contributed by atoms with Gasteiger partial charge in [-0.05, 0) is 38.2 Å². The van der Waals surface area contributed by atoms with E-state index in [1.807, 2.05) is 23.1 Å². The normalized spacial score (nSPS) is 24.4. The molecule has 2 aliphatic heterocycles. The van der Waals surface area contributed by atoms with Crippen LogP contribution in [0.4, 0.5) is 26.3 Å². The fourth-order valence-corrected chi connectivity index (χ4v) is 4.12. The van der Waals surface area contributed by atoms with Crippen molar-refractivity contribution in [1.82, 2.24) is 14.7 Å². The molecule has 3 aliphatic rings. The van der Waals surface area contributed by atoms with Crippen LogP contribution in [0.5, 0.6) is 0 Å². The van der Waals surface area contributed by atoms with Crippen molar-refractivity contribution < 1.29 is 55.6 Å². The molecule has 9 nitrogen and oxygen atoms in total. The Morgan fingerprint density at radius 2 is 1.64 bits per heavy atom. The summed E-state index contributed by atoms with van der Waals surface area (Å²) in [6.07, 6.45) is 1.88. The second-order valence-electron chi connectivity index (χ2n) is 8.46. The highest BCUT2D eigenvalue weighted by Gasteiger charge is 2.47. The number of fused-ring (bicyclic) bond motifs is 1. The van der Waals surface area contributed by atoms with Gasteiger partial charge < -0.3 is 19.7 Å². The number of hydrogen-bond donors (Lipinski definition) is 2. The third-order valence-electron chi connectivity index (χ3n) is 5.97. The van der Waals surface area contributed by atoms with Crippen LogP contribution in [0.1, 0.15) is 38.5 Å². The number of aromatic nitrogens is 2. The van der Waals surface area contributed by atoms with Crippen LogP contribution in [0.15, 0.2) is 18.5 Å². The highest BCUT2D eigenvalue weighted by molar-refractivity contribution is 5.73. The van der Waals surface area contributed by atoms with E-state index in [-0.39, 0.29) is 6.10 Å². The van der Waals surface area contributed by atoms with Crippen LogP contribution in [0.3, 0.4) is 0 Å². The van der Waals surface area contributed by atoms with E-state index in [0.29, 0.717) is 12.1 Å². The first kappa shape index (κ1) is 29.8. The first-order valence-electron chi connectivity index (χ1n) is 11.4. The van der Waals surface area contributed by atoms with E-state index in [1.54, 1.807) is 0 Å². The summed E-state index contributed by atoms with van der Waals surface area (Å²) in [4.78, 5) is 20.5. The lowest BCUT2D eigenvalue weighted by atomic mass is 9.90. The van der Waals surface area contributed by atoms with Crippen molar-refractivity contribution in [2.45, 2.75) is 81.7 Å². The Kier molecular flexibility index (Phi) is 11.0. The van der Waals surface area contributed by atoms with E-state index in [1.165, 1.54) is 32.1 Å². The zero-order valence-electron chi connectivity index (χ0n) is 19.2. The number of carboxylic acid groups (broad SMARTS) is 2. The van der Waals surface area contributed by atoms with E-state index in [0.717, 1.165) is 38.8 Å².